The normalized spacial score (nSPS) is 13.6. The van der Waals surface area contributed by atoms with E-state index in [1.807, 2.05) is 24.3 Å². The second-order valence-electron chi connectivity index (χ2n) is 4.61. The Morgan fingerprint density at radius 1 is 1.30 bits per heavy atom. The van der Waals surface area contributed by atoms with E-state index in [0.717, 1.165) is 6.42 Å². The van der Waals surface area contributed by atoms with Crippen molar-refractivity contribution in [3.05, 3.63) is 42.0 Å². The van der Waals surface area contributed by atoms with Crippen LogP contribution >= 0.6 is 0 Å². The number of aliphatic hydroxyl groups is 1. The Bertz CT molecular complexity index is 517. The van der Waals surface area contributed by atoms with Crippen LogP contribution in [0.5, 0.6) is 5.75 Å². The Balaban J connectivity index is 2.44. The summed E-state index contributed by atoms with van der Waals surface area (Å²) in [7, 11) is -3.27. The molecule has 0 fully saturated rings. The first-order valence-corrected chi connectivity index (χ1v) is 8.50. The van der Waals surface area contributed by atoms with Crippen molar-refractivity contribution in [2.45, 2.75) is 26.4 Å². The van der Waals surface area contributed by atoms with Crippen molar-refractivity contribution in [2.75, 3.05) is 18.1 Å². The maximum Gasteiger partial charge on any atom is 0.156 e. The van der Waals surface area contributed by atoms with E-state index >= 15 is 0 Å². The molecule has 0 aliphatic rings. The molecule has 0 saturated heterocycles. The third-order valence-corrected chi connectivity index (χ3v) is 4.40. The van der Waals surface area contributed by atoms with Crippen LogP contribution in [0, 0.1) is 0 Å². The molecular formula is C15H22O4S. The van der Waals surface area contributed by atoms with E-state index in [9.17, 15) is 13.5 Å². The van der Waals surface area contributed by atoms with Crippen LogP contribution in [0.4, 0.5) is 0 Å². The molecule has 0 heterocycles. The van der Waals surface area contributed by atoms with Crippen molar-refractivity contribution in [3.63, 3.8) is 0 Å². The third kappa shape index (κ3) is 6.21. The number of ether oxygens (including phenoxy) is 1. The molecule has 1 rings (SSSR count). The average Bonchev–Trinajstić information content (AvgIpc) is 2.43. The molecule has 0 spiro atoms. The van der Waals surface area contributed by atoms with Crippen LogP contribution in [-0.2, 0) is 16.3 Å². The fourth-order valence-corrected chi connectivity index (χ4v) is 2.97. The first-order chi connectivity index (χ1) is 9.46. The number of rotatable bonds is 8. The van der Waals surface area contributed by atoms with Gasteiger partial charge in [-0.15, -0.1) is 0 Å². The molecule has 1 aromatic carbocycles. The SMILES string of the molecule is CC=CCS(=O)(=O)CC(O)COc1ccc(CC)cc1. The lowest BCUT2D eigenvalue weighted by Crippen LogP contribution is -2.28. The molecule has 4 nitrogen and oxygen atoms in total. The quantitative estimate of drug-likeness (QED) is 0.745. The summed E-state index contributed by atoms with van der Waals surface area (Å²) in [6, 6.07) is 7.54. The van der Waals surface area contributed by atoms with Crippen LogP contribution in [0.15, 0.2) is 36.4 Å². The van der Waals surface area contributed by atoms with E-state index in [4.69, 9.17) is 4.74 Å². The van der Waals surface area contributed by atoms with Gasteiger partial charge < -0.3 is 9.84 Å². The van der Waals surface area contributed by atoms with Crippen molar-refractivity contribution >= 4 is 9.84 Å². The van der Waals surface area contributed by atoms with Crippen molar-refractivity contribution in [1.82, 2.24) is 0 Å². The van der Waals surface area contributed by atoms with E-state index in [-0.39, 0.29) is 18.1 Å². The molecule has 1 atom stereocenters. The molecule has 20 heavy (non-hydrogen) atoms. The lowest BCUT2D eigenvalue weighted by Gasteiger charge is -2.12. The summed E-state index contributed by atoms with van der Waals surface area (Å²) >= 11 is 0. The van der Waals surface area contributed by atoms with E-state index in [0.29, 0.717) is 5.75 Å². The van der Waals surface area contributed by atoms with Gasteiger partial charge in [-0.25, -0.2) is 8.42 Å². The molecule has 112 valence electrons. The zero-order valence-corrected chi connectivity index (χ0v) is 12.8. The van der Waals surface area contributed by atoms with Gasteiger partial charge in [0.1, 0.15) is 18.5 Å². The highest BCUT2D eigenvalue weighted by Gasteiger charge is 2.16. The van der Waals surface area contributed by atoms with Gasteiger partial charge in [0.15, 0.2) is 9.84 Å². The van der Waals surface area contributed by atoms with Crippen molar-refractivity contribution in [1.29, 1.82) is 0 Å². The lowest BCUT2D eigenvalue weighted by molar-refractivity contribution is 0.125. The predicted octanol–water partition coefficient (Wildman–Crippen LogP) is 1.98. The molecular weight excluding hydrogens is 276 g/mol. The Labute approximate surface area is 121 Å². The smallest absolute Gasteiger partial charge is 0.156 e. The number of aliphatic hydroxyl groups excluding tert-OH is 1. The molecule has 1 unspecified atom stereocenters. The largest absolute Gasteiger partial charge is 0.491 e. The number of benzene rings is 1. The summed E-state index contributed by atoms with van der Waals surface area (Å²) in [5.41, 5.74) is 1.20. The monoisotopic (exact) mass is 298 g/mol. The van der Waals surface area contributed by atoms with Crippen LogP contribution in [0.25, 0.3) is 0 Å². The van der Waals surface area contributed by atoms with Crippen molar-refractivity contribution < 1.29 is 18.3 Å². The second-order valence-corrected chi connectivity index (χ2v) is 6.76. The molecule has 0 aliphatic carbocycles. The lowest BCUT2D eigenvalue weighted by atomic mass is 10.2. The van der Waals surface area contributed by atoms with Gasteiger partial charge in [0, 0.05) is 0 Å². The highest BCUT2D eigenvalue weighted by Crippen LogP contribution is 2.13. The van der Waals surface area contributed by atoms with Gasteiger partial charge in [0.25, 0.3) is 0 Å². The molecule has 5 heteroatoms. The van der Waals surface area contributed by atoms with Gasteiger partial charge in [0.2, 0.25) is 0 Å². The Morgan fingerprint density at radius 3 is 2.50 bits per heavy atom. The molecule has 0 bridgehead atoms. The summed E-state index contributed by atoms with van der Waals surface area (Å²) in [5, 5.41) is 9.72. The Morgan fingerprint density at radius 2 is 1.95 bits per heavy atom. The van der Waals surface area contributed by atoms with Crippen LogP contribution in [0.2, 0.25) is 0 Å². The van der Waals surface area contributed by atoms with Crippen LogP contribution < -0.4 is 4.74 Å². The molecule has 0 saturated carbocycles. The van der Waals surface area contributed by atoms with Gasteiger partial charge in [-0.3, -0.25) is 0 Å². The zero-order chi connectivity index (χ0) is 15.0. The number of allylic oxidation sites excluding steroid dienone is 1. The Hall–Kier alpha value is -1.33. The minimum Gasteiger partial charge on any atom is -0.491 e. The zero-order valence-electron chi connectivity index (χ0n) is 12.0. The summed E-state index contributed by atoms with van der Waals surface area (Å²) in [6.45, 7) is 3.80. The van der Waals surface area contributed by atoms with E-state index in [1.165, 1.54) is 5.56 Å². The number of aryl methyl sites for hydroxylation is 1. The van der Waals surface area contributed by atoms with E-state index in [2.05, 4.69) is 6.92 Å². The maximum atomic E-state index is 11.6. The highest BCUT2D eigenvalue weighted by molar-refractivity contribution is 7.91. The van der Waals surface area contributed by atoms with Crippen LogP contribution in [0.1, 0.15) is 19.4 Å². The van der Waals surface area contributed by atoms with Gasteiger partial charge in [-0.2, -0.15) is 0 Å². The van der Waals surface area contributed by atoms with E-state index < -0.39 is 15.9 Å². The highest BCUT2D eigenvalue weighted by atomic mass is 32.2. The third-order valence-electron chi connectivity index (χ3n) is 2.81. The van der Waals surface area contributed by atoms with Gasteiger partial charge >= 0.3 is 0 Å². The maximum absolute atomic E-state index is 11.6. The molecule has 0 radical (unpaired) electrons. The molecule has 0 aromatic heterocycles. The van der Waals surface area contributed by atoms with Crippen LogP contribution in [-0.4, -0.2) is 37.7 Å². The average molecular weight is 298 g/mol. The fraction of sp³-hybridized carbons (Fsp3) is 0.467. The summed E-state index contributed by atoms with van der Waals surface area (Å²) < 4.78 is 28.6. The van der Waals surface area contributed by atoms with Crippen molar-refractivity contribution in [3.8, 4) is 5.75 Å². The number of sulfone groups is 1. The number of hydrogen-bond donors (Lipinski definition) is 1. The molecule has 1 aromatic rings. The minimum atomic E-state index is -3.27. The van der Waals surface area contributed by atoms with E-state index in [1.54, 1.807) is 19.1 Å². The summed E-state index contributed by atoms with van der Waals surface area (Å²) in [6.07, 6.45) is 3.17. The second kappa shape index (κ2) is 8.07. The predicted molar refractivity (Wildman–Crippen MR) is 80.8 cm³/mol. The number of hydrogen-bond acceptors (Lipinski definition) is 4. The molecule has 0 amide bonds. The molecule has 1 N–H and O–H groups in total. The van der Waals surface area contributed by atoms with Crippen LogP contribution in [0.3, 0.4) is 0 Å². The standard InChI is InChI=1S/C15H22O4S/c1-3-5-10-20(17,18)12-14(16)11-19-15-8-6-13(4-2)7-9-15/h3,5-9,14,16H,4,10-12H2,1-2H3. The first-order valence-electron chi connectivity index (χ1n) is 6.68. The fourth-order valence-electron chi connectivity index (χ4n) is 1.67. The minimum absolute atomic E-state index is 0.0272. The van der Waals surface area contributed by atoms with Gasteiger partial charge in [-0.1, -0.05) is 31.2 Å². The summed E-state index contributed by atoms with van der Waals surface area (Å²) in [5.74, 6) is 0.294. The van der Waals surface area contributed by atoms with Gasteiger partial charge in [-0.05, 0) is 31.0 Å². The van der Waals surface area contributed by atoms with Crippen molar-refractivity contribution in [2.24, 2.45) is 0 Å². The topological polar surface area (TPSA) is 63.6 Å². The molecule has 0 aliphatic heterocycles. The summed E-state index contributed by atoms with van der Waals surface area (Å²) in [4.78, 5) is 0. The first kappa shape index (κ1) is 16.7. The van der Waals surface area contributed by atoms with Gasteiger partial charge in [0.05, 0.1) is 11.5 Å². The Kier molecular flexibility index (Phi) is 6.75.